The molecule has 1 atom stereocenters. The van der Waals surface area contributed by atoms with Crippen molar-refractivity contribution in [2.75, 3.05) is 13.2 Å². The second-order valence-corrected chi connectivity index (χ2v) is 6.10. The van der Waals surface area contributed by atoms with Gasteiger partial charge >= 0.3 is 0 Å². The number of carbonyl (C=O) groups is 1. The summed E-state index contributed by atoms with van der Waals surface area (Å²) in [7, 11) is 0. The summed E-state index contributed by atoms with van der Waals surface area (Å²) < 4.78 is 5.60. The van der Waals surface area contributed by atoms with E-state index in [0.29, 0.717) is 12.3 Å². The number of hydrogen-bond acceptors (Lipinski definition) is 3. The van der Waals surface area contributed by atoms with E-state index in [4.69, 9.17) is 9.84 Å². The molecule has 114 valence electrons. The van der Waals surface area contributed by atoms with Gasteiger partial charge in [0, 0.05) is 12.6 Å². The molecule has 1 fully saturated rings. The molecule has 1 aromatic rings. The van der Waals surface area contributed by atoms with Gasteiger partial charge in [-0.3, -0.25) is 4.79 Å². The number of aliphatic hydroxyl groups excluding tert-OH is 1. The third-order valence-electron chi connectivity index (χ3n) is 4.42. The zero-order valence-corrected chi connectivity index (χ0v) is 12.3. The Kier molecular flexibility index (Phi) is 4.44. The number of ether oxygens (including phenoxy) is 1. The van der Waals surface area contributed by atoms with Crippen LogP contribution in [0.4, 0.5) is 0 Å². The maximum Gasteiger partial charge on any atom is 0.258 e. The van der Waals surface area contributed by atoms with Crippen molar-refractivity contribution < 1.29 is 14.6 Å². The number of fused-ring (bicyclic) bond motifs is 1. The van der Waals surface area contributed by atoms with Crippen molar-refractivity contribution in [2.24, 2.45) is 5.92 Å². The summed E-state index contributed by atoms with van der Waals surface area (Å²) in [6.07, 6.45) is 6.41. The van der Waals surface area contributed by atoms with Crippen LogP contribution >= 0.6 is 0 Å². The lowest BCUT2D eigenvalue weighted by Gasteiger charge is -2.17. The van der Waals surface area contributed by atoms with Crippen molar-refractivity contribution >= 4 is 5.91 Å². The maximum absolute atomic E-state index is 11.9. The van der Waals surface area contributed by atoms with Gasteiger partial charge < -0.3 is 15.2 Å². The van der Waals surface area contributed by atoms with E-state index >= 15 is 0 Å². The maximum atomic E-state index is 11.9. The number of nitrogens with one attached hydrogen (secondary N) is 1. The van der Waals surface area contributed by atoms with Crippen LogP contribution in [0.25, 0.3) is 0 Å². The molecule has 1 saturated carbocycles. The quantitative estimate of drug-likeness (QED) is 0.805. The molecule has 4 heteroatoms. The molecule has 1 unspecified atom stereocenters. The third-order valence-corrected chi connectivity index (χ3v) is 4.42. The molecule has 3 rings (SSSR count). The molecular formula is C17H23NO3. The van der Waals surface area contributed by atoms with Crippen molar-refractivity contribution in [2.45, 2.75) is 44.6 Å². The summed E-state index contributed by atoms with van der Waals surface area (Å²) in [5.41, 5.74) is 2.76. The van der Waals surface area contributed by atoms with E-state index in [9.17, 15) is 4.79 Å². The van der Waals surface area contributed by atoms with E-state index in [-0.39, 0.29) is 25.2 Å². The van der Waals surface area contributed by atoms with E-state index < -0.39 is 0 Å². The lowest BCUT2D eigenvalue weighted by atomic mass is 10.1. The monoisotopic (exact) mass is 289 g/mol. The van der Waals surface area contributed by atoms with Crippen LogP contribution in [0.2, 0.25) is 0 Å². The Morgan fingerprint density at radius 3 is 2.90 bits per heavy atom. The first-order valence-electron chi connectivity index (χ1n) is 7.91. The molecule has 0 aliphatic heterocycles. The molecule has 2 aliphatic carbocycles. The fourth-order valence-corrected chi connectivity index (χ4v) is 3.10. The van der Waals surface area contributed by atoms with Gasteiger partial charge in [-0.05, 0) is 67.7 Å². The molecule has 1 amide bonds. The first-order valence-corrected chi connectivity index (χ1v) is 7.91. The highest BCUT2D eigenvalue weighted by Crippen LogP contribution is 2.33. The molecule has 0 bridgehead atoms. The zero-order chi connectivity index (χ0) is 14.7. The van der Waals surface area contributed by atoms with Crippen LogP contribution in [0.5, 0.6) is 5.75 Å². The Balaban J connectivity index is 1.49. The Hall–Kier alpha value is -1.55. The summed E-state index contributed by atoms with van der Waals surface area (Å²) in [6, 6.07) is 6.21. The number of hydrogen-bond donors (Lipinski definition) is 2. The minimum Gasteiger partial charge on any atom is -0.484 e. The van der Waals surface area contributed by atoms with E-state index in [1.165, 1.54) is 17.5 Å². The van der Waals surface area contributed by atoms with Crippen LogP contribution < -0.4 is 10.1 Å². The second kappa shape index (κ2) is 6.48. The molecule has 1 aromatic carbocycles. The molecule has 21 heavy (non-hydrogen) atoms. The summed E-state index contributed by atoms with van der Waals surface area (Å²) in [6.45, 7) is 0.167. The number of aliphatic hydroxyl groups is 1. The first kappa shape index (κ1) is 14.4. The van der Waals surface area contributed by atoms with Crippen molar-refractivity contribution in [3.05, 3.63) is 29.3 Å². The van der Waals surface area contributed by atoms with Gasteiger partial charge in [0.2, 0.25) is 0 Å². The van der Waals surface area contributed by atoms with E-state index in [1.54, 1.807) is 0 Å². The Morgan fingerprint density at radius 2 is 2.14 bits per heavy atom. The highest BCUT2D eigenvalue weighted by atomic mass is 16.5. The van der Waals surface area contributed by atoms with Crippen LogP contribution in [-0.2, 0) is 17.6 Å². The number of carbonyl (C=O) groups excluding carboxylic acids is 1. The summed E-state index contributed by atoms with van der Waals surface area (Å²) in [4.78, 5) is 11.9. The predicted octanol–water partition coefficient (Wildman–Crippen LogP) is 1.83. The van der Waals surface area contributed by atoms with E-state index in [2.05, 4.69) is 17.4 Å². The molecule has 0 heterocycles. The third kappa shape index (κ3) is 3.76. The SMILES string of the molecule is O=C(COc1ccc2c(c1)CCC2)NC(CCO)C1CC1. The van der Waals surface area contributed by atoms with Crippen LogP contribution in [0, 0.1) is 5.92 Å². The number of aryl methyl sites for hydroxylation is 2. The molecule has 2 N–H and O–H groups in total. The van der Waals surface area contributed by atoms with E-state index in [1.807, 2.05) is 6.07 Å². The standard InChI is InChI=1S/C17H23NO3/c19-9-8-16(13-4-5-13)18-17(20)11-21-15-7-6-12-2-1-3-14(12)10-15/h6-7,10,13,16,19H,1-5,8-9,11H2,(H,18,20). The molecule has 0 spiro atoms. The normalized spacial score (nSPS) is 18.1. The summed E-state index contributed by atoms with van der Waals surface area (Å²) in [5, 5.41) is 12.0. The minimum absolute atomic E-state index is 0.0490. The topological polar surface area (TPSA) is 58.6 Å². The second-order valence-electron chi connectivity index (χ2n) is 6.10. The predicted molar refractivity (Wildman–Crippen MR) is 80.3 cm³/mol. The minimum atomic E-state index is -0.0964. The zero-order valence-electron chi connectivity index (χ0n) is 12.3. The van der Waals surface area contributed by atoms with Crippen LogP contribution in [0.15, 0.2) is 18.2 Å². The number of benzene rings is 1. The fraction of sp³-hybridized carbons (Fsp3) is 0.588. The largest absolute Gasteiger partial charge is 0.484 e. The fourth-order valence-electron chi connectivity index (χ4n) is 3.10. The van der Waals surface area contributed by atoms with Crippen molar-refractivity contribution in [1.29, 1.82) is 0 Å². The average Bonchev–Trinajstić information content (AvgIpc) is 3.22. The lowest BCUT2D eigenvalue weighted by molar-refractivity contribution is -0.124. The van der Waals surface area contributed by atoms with Crippen molar-refractivity contribution in [1.82, 2.24) is 5.32 Å². The van der Waals surface area contributed by atoms with Gasteiger partial charge in [-0.15, -0.1) is 0 Å². The van der Waals surface area contributed by atoms with Gasteiger partial charge in [-0.2, -0.15) is 0 Å². The lowest BCUT2D eigenvalue weighted by Crippen LogP contribution is -2.39. The van der Waals surface area contributed by atoms with Crippen LogP contribution in [0.3, 0.4) is 0 Å². The Bertz CT molecular complexity index is 511. The molecule has 0 radical (unpaired) electrons. The van der Waals surface area contributed by atoms with Crippen LogP contribution in [-0.4, -0.2) is 30.3 Å². The van der Waals surface area contributed by atoms with Gasteiger partial charge in [0.25, 0.3) is 5.91 Å². The van der Waals surface area contributed by atoms with Gasteiger partial charge in [-0.1, -0.05) is 6.07 Å². The molecular weight excluding hydrogens is 266 g/mol. The van der Waals surface area contributed by atoms with Gasteiger partial charge in [0.05, 0.1) is 0 Å². The van der Waals surface area contributed by atoms with Crippen molar-refractivity contribution in [3.8, 4) is 5.75 Å². The highest BCUT2D eigenvalue weighted by molar-refractivity contribution is 5.77. The Morgan fingerprint density at radius 1 is 1.33 bits per heavy atom. The average molecular weight is 289 g/mol. The summed E-state index contributed by atoms with van der Waals surface area (Å²) in [5.74, 6) is 1.22. The smallest absolute Gasteiger partial charge is 0.258 e. The number of amides is 1. The summed E-state index contributed by atoms with van der Waals surface area (Å²) >= 11 is 0. The first-order chi connectivity index (χ1) is 10.3. The highest BCUT2D eigenvalue weighted by Gasteiger charge is 2.31. The Labute approximate surface area is 125 Å². The number of rotatable bonds is 7. The molecule has 0 saturated heterocycles. The molecule has 0 aromatic heterocycles. The molecule has 4 nitrogen and oxygen atoms in total. The molecule has 2 aliphatic rings. The van der Waals surface area contributed by atoms with Crippen LogP contribution in [0.1, 0.15) is 36.8 Å². The van der Waals surface area contributed by atoms with Gasteiger partial charge in [-0.25, -0.2) is 0 Å². The van der Waals surface area contributed by atoms with Gasteiger partial charge in [0.1, 0.15) is 5.75 Å². The van der Waals surface area contributed by atoms with Gasteiger partial charge in [0.15, 0.2) is 6.61 Å². The van der Waals surface area contributed by atoms with E-state index in [0.717, 1.165) is 31.4 Å². The van der Waals surface area contributed by atoms with Crippen molar-refractivity contribution in [3.63, 3.8) is 0 Å².